The van der Waals surface area contributed by atoms with Crippen molar-refractivity contribution in [2.75, 3.05) is 0 Å². The van der Waals surface area contributed by atoms with Gasteiger partial charge in [0.1, 0.15) is 18.0 Å². The molecule has 4 aromatic heterocycles. The van der Waals surface area contributed by atoms with Gasteiger partial charge in [-0.1, -0.05) is 23.4 Å². The van der Waals surface area contributed by atoms with Crippen molar-refractivity contribution in [3.8, 4) is 22.8 Å². The second-order valence-corrected chi connectivity index (χ2v) is 7.79. The lowest BCUT2D eigenvalue weighted by Crippen LogP contribution is -2.16. The number of aromatic nitrogens is 7. The maximum absolute atomic E-state index is 12.4. The van der Waals surface area contributed by atoms with Gasteiger partial charge in [0.15, 0.2) is 17.3 Å². The molecule has 5 rings (SSSR count). The number of hydrogen-bond donors (Lipinski definition) is 0. The van der Waals surface area contributed by atoms with Crippen molar-refractivity contribution in [1.29, 1.82) is 0 Å². The number of aryl methyl sites for hydroxylation is 2. The number of nitrogens with zero attached hydrogens (tertiary/aromatic N) is 7. The standard InChI is InChI=1S/C24H21N7O3/c1-16-8-20(34-29-16)15-33-21-12-25-24(26-13-21)18-5-3-4-17(9-18)10-22-23(32)6-7-31(28-22)19-11-27-30(2)14-19/h3-9,11-14H,10,15H2,1-2H3. The van der Waals surface area contributed by atoms with Crippen LogP contribution in [-0.4, -0.2) is 34.7 Å². The zero-order valence-electron chi connectivity index (χ0n) is 18.6. The van der Waals surface area contributed by atoms with Gasteiger partial charge in [0.05, 0.1) is 30.5 Å². The molecule has 0 atom stereocenters. The third kappa shape index (κ3) is 4.75. The highest BCUT2D eigenvalue weighted by molar-refractivity contribution is 5.56. The summed E-state index contributed by atoms with van der Waals surface area (Å²) < 4.78 is 14.1. The van der Waals surface area contributed by atoms with E-state index in [-0.39, 0.29) is 12.0 Å². The molecule has 0 amide bonds. The van der Waals surface area contributed by atoms with Gasteiger partial charge < -0.3 is 9.26 Å². The van der Waals surface area contributed by atoms with Gasteiger partial charge in [-0.05, 0) is 18.6 Å². The van der Waals surface area contributed by atoms with Crippen LogP contribution in [0, 0.1) is 6.92 Å². The van der Waals surface area contributed by atoms with Crippen molar-refractivity contribution in [3.05, 3.63) is 100 Å². The summed E-state index contributed by atoms with van der Waals surface area (Å²) in [4.78, 5) is 21.3. The predicted octanol–water partition coefficient (Wildman–Crippen LogP) is 2.89. The van der Waals surface area contributed by atoms with E-state index in [1.807, 2.05) is 50.5 Å². The molecule has 0 aliphatic carbocycles. The van der Waals surface area contributed by atoms with E-state index in [4.69, 9.17) is 9.26 Å². The Hall–Kier alpha value is -4.60. The molecule has 0 fully saturated rings. The van der Waals surface area contributed by atoms with E-state index in [1.165, 1.54) is 6.07 Å². The Morgan fingerprint density at radius 1 is 1.09 bits per heavy atom. The fourth-order valence-electron chi connectivity index (χ4n) is 3.43. The number of rotatable bonds is 7. The molecule has 0 saturated carbocycles. The van der Waals surface area contributed by atoms with E-state index in [9.17, 15) is 4.79 Å². The van der Waals surface area contributed by atoms with E-state index in [0.29, 0.717) is 29.4 Å². The predicted molar refractivity (Wildman–Crippen MR) is 122 cm³/mol. The first kappa shape index (κ1) is 21.3. The van der Waals surface area contributed by atoms with Gasteiger partial charge in [0.25, 0.3) is 0 Å². The average molecular weight is 455 g/mol. The molecular weight excluding hydrogens is 434 g/mol. The summed E-state index contributed by atoms with van der Waals surface area (Å²) in [6.07, 6.45) is 8.78. The summed E-state index contributed by atoms with van der Waals surface area (Å²) in [5.74, 6) is 1.71. The van der Waals surface area contributed by atoms with E-state index < -0.39 is 0 Å². The first-order valence-electron chi connectivity index (χ1n) is 10.6. The van der Waals surface area contributed by atoms with Crippen LogP contribution < -0.4 is 10.2 Å². The van der Waals surface area contributed by atoms with Gasteiger partial charge in [0.2, 0.25) is 5.43 Å². The molecule has 0 bridgehead atoms. The highest BCUT2D eigenvalue weighted by Crippen LogP contribution is 2.20. The molecule has 10 heteroatoms. The highest BCUT2D eigenvalue weighted by atomic mass is 16.5. The molecule has 34 heavy (non-hydrogen) atoms. The summed E-state index contributed by atoms with van der Waals surface area (Å²) in [5, 5.41) is 12.5. The van der Waals surface area contributed by atoms with E-state index in [0.717, 1.165) is 22.5 Å². The Balaban J connectivity index is 1.31. The Labute approximate surface area is 194 Å². The third-order valence-corrected chi connectivity index (χ3v) is 5.08. The molecule has 10 nitrogen and oxygen atoms in total. The lowest BCUT2D eigenvalue weighted by Gasteiger charge is -2.07. The van der Waals surface area contributed by atoms with Crippen molar-refractivity contribution in [1.82, 2.24) is 34.7 Å². The molecule has 0 saturated heterocycles. The summed E-state index contributed by atoms with van der Waals surface area (Å²) in [6, 6.07) is 11.1. The zero-order valence-corrected chi connectivity index (χ0v) is 18.6. The van der Waals surface area contributed by atoms with Gasteiger partial charge >= 0.3 is 0 Å². The van der Waals surface area contributed by atoms with E-state index in [2.05, 4.69) is 25.3 Å². The second-order valence-electron chi connectivity index (χ2n) is 7.79. The first-order chi connectivity index (χ1) is 16.5. The SMILES string of the molecule is Cc1cc(COc2cnc(-c3cccc(Cc4nn(-c5cnn(C)c5)ccc4=O)c3)nc2)on1. The summed E-state index contributed by atoms with van der Waals surface area (Å²) >= 11 is 0. The van der Waals surface area contributed by atoms with Crippen molar-refractivity contribution < 1.29 is 9.26 Å². The molecular formula is C24H21N7O3. The molecule has 4 heterocycles. The quantitative estimate of drug-likeness (QED) is 0.368. The van der Waals surface area contributed by atoms with E-state index >= 15 is 0 Å². The van der Waals surface area contributed by atoms with Gasteiger partial charge in [-0.2, -0.15) is 10.2 Å². The van der Waals surface area contributed by atoms with Gasteiger partial charge in [-0.15, -0.1) is 0 Å². The highest BCUT2D eigenvalue weighted by Gasteiger charge is 2.09. The minimum Gasteiger partial charge on any atom is -0.482 e. The Kier molecular flexibility index (Phi) is 5.69. The number of ether oxygens (including phenoxy) is 1. The maximum atomic E-state index is 12.4. The second kappa shape index (κ2) is 9.10. The number of hydrogen-bond acceptors (Lipinski definition) is 8. The fourth-order valence-corrected chi connectivity index (χ4v) is 3.43. The summed E-state index contributed by atoms with van der Waals surface area (Å²) in [5.41, 5.74) is 3.66. The van der Waals surface area contributed by atoms with Crippen molar-refractivity contribution in [3.63, 3.8) is 0 Å². The molecule has 170 valence electrons. The molecule has 0 radical (unpaired) electrons. The van der Waals surface area contributed by atoms with Crippen LogP contribution in [0.15, 0.2) is 76.7 Å². The molecule has 0 spiro atoms. The number of benzene rings is 1. The molecule has 0 N–H and O–H groups in total. The van der Waals surface area contributed by atoms with Crippen molar-refractivity contribution >= 4 is 0 Å². The smallest absolute Gasteiger partial charge is 0.203 e. The molecule has 0 aliphatic rings. The van der Waals surface area contributed by atoms with Crippen LogP contribution in [0.25, 0.3) is 17.1 Å². The van der Waals surface area contributed by atoms with Crippen molar-refractivity contribution in [2.45, 2.75) is 20.0 Å². The normalized spacial score (nSPS) is 11.0. The van der Waals surface area contributed by atoms with Crippen LogP contribution in [0.2, 0.25) is 0 Å². The van der Waals surface area contributed by atoms with Gasteiger partial charge in [-0.3, -0.25) is 9.48 Å². The molecule has 1 aromatic carbocycles. The Morgan fingerprint density at radius 3 is 2.68 bits per heavy atom. The van der Waals surface area contributed by atoms with Crippen LogP contribution in [0.5, 0.6) is 5.75 Å². The van der Waals surface area contributed by atoms with Crippen LogP contribution in [0.3, 0.4) is 0 Å². The fraction of sp³-hybridized carbons (Fsp3) is 0.167. The van der Waals surface area contributed by atoms with Crippen LogP contribution in [-0.2, 0) is 20.1 Å². The van der Waals surface area contributed by atoms with Crippen molar-refractivity contribution in [2.24, 2.45) is 7.05 Å². The zero-order chi connectivity index (χ0) is 23.5. The molecule has 0 aliphatic heterocycles. The lowest BCUT2D eigenvalue weighted by atomic mass is 10.1. The largest absolute Gasteiger partial charge is 0.482 e. The van der Waals surface area contributed by atoms with E-state index in [1.54, 1.807) is 34.2 Å². The van der Waals surface area contributed by atoms with Gasteiger partial charge in [0, 0.05) is 37.4 Å². The lowest BCUT2D eigenvalue weighted by molar-refractivity contribution is 0.247. The third-order valence-electron chi connectivity index (χ3n) is 5.08. The van der Waals surface area contributed by atoms with Crippen LogP contribution in [0.1, 0.15) is 22.7 Å². The van der Waals surface area contributed by atoms with Crippen LogP contribution in [0.4, 0.5) is 0 Å². The summed E-state index contributed by atoms with van der Waals surface area (Å²) in [6.45, 7) is 2.10. The molecule has 0 unspecified atom stereocenters. The van der Waals surface area contributed by atoms with Gasteiger partial charge in [-0.25, -0.2) is 14.6 Å². The Morgan fingerprint density at radius 2 is 1.94 bits per heavy atom. The maximum Gasteiger partial charge on any atom is 0.203 e. The Bertz CT molecular complexity index is 1480. The monoisotopic (exact) mass is 455 g/mol. The summed E-state index contributed by atoms with van der Waals surface area (Å²) in [7, 11) is 1.83. The molecule has 5 aromatic rings. The minimum absolute atomic E-state index is 0.120. The minimum atomic E-state index is -0.120. The first-order valence-corrected chi connectivity index (χ1v) is 10.6. The topological polar surface area (TPSA) is 114 Å². The average Bonchev–Trinajstić information content (AvgIpc) is 3.47. The van der Waals surface area contributed by atoms with Crippen LogP contribution >= 0.6 is 0 Å².